The van der Waals surface area contributed by atoms with E-state index in [2.05, 4.69) is 5.32 Å². The van der Waals surface area contributed by atoms with E-state index in [0.717, 1.165) is 11.3 Å². The smallest absolute Gasteiger partial charge is 0.282 e. The summed E-state index contributed by atoms with van der Waals surface area (Å²) in [5.74, 6) is 0.285. The molecule has 0 fully saturated rings. The molecular formula is C27H27N3O4. The van der Waals surface area contributed by atoms with Crippen LogP contribution in [-0.4, -0.2) is 40.1 Å². The number of carbonyl (C=O) groups excluding carboxylic acids is 2. The maximum Gasteiger partial charge on any atom is 0.282 e. The Labute approximate surface area is 199 Å². The van der Waals surface area contributed by atoms with Gasteiger partial charge in [-0.2, -0.15) is 0 Å². The van der Waals surface area contributed by atoms with Gasteiger partial charge >= 0.3 is 0 Å². The van der Waals surface area contributed by atoms with Gasteiger partial charge in [-0.1, -0.05) is 29.8 Å². The van der Waals surface area contributed by atoms with Gasteiger partial charge in [-0.05, 0) is 48.9 Å². The van der Waals surface area contributed by atoms with Crippen LogP contribution >= 0.6 is 0 Å². The van der Waals surface area contributed by atoms with E-state index in [1.807, 2.05) is 62.3 Å². The van der Waals surface area contributed by atoms with E-state index in [9.17, 15) is 9.59 Å². The third-order valence-corrected chi connectivity index (χ3v) is 5.72. The summed E-state index contributed by atoms with van der Waals surface area (Å²) in [5, 5.41) is 3.16. The summed E-state index contributed by atoms with van der Waals surface area (Å²) in [6.45, 7) is 1.97. The Morgan fingerprint density at radius 1 is 0.824 bits per heavy atom. The molecule has 3 aromatic carbocycles. The number of nitrogens with zero attached hydrogens (tertiary/aromatic N) is 2. The van der Waals surface area contributed by atoms with Crippen LogP contribution in [0, 0.1) is 6.92 Å². The lowest BCUT2D eigenvalue weighted by Gasteiger charge is -2.18. The number of nitrogens with one attached hydrogen (secondary N) is 1. The number of imide groups is 1. The molecule has 0 aliphatic carbocycles. The molecular weight excluding hydrogens is 430 g/mol. The largest absolute Gasteiger partial charge is 0.497 e. The second-order valence-electron chi connectivity index (χ2n) is 8.16. The molecule has 34 heavy (non-hydrogen) atoms. The summed E-state index contributed by atoms with van der Waals surface area (Å²) in [6.07, 6.45) is 0. The number of amides is 2. The van der Waals surface area contributed by atoms with E-state index in [1.54, 1.807) is 37.4 Å². The average molecular weight is 458 g/mol. The number of ether oxygens (including phenoxy) is 2. The standard InChI is InChI=1S/C27H27N3O4/c1-17-6-8-18(9-7-17)24-25(28-22-15-14-21(33-4)16-23(22)34-5)27(32)30(26(24)31)20-12-10-19(11-13-20)29(2)3/h6-16,28H,1-5H3. The van der Waals surface area contributed by atoms with E-state index in [0.29, 0.717) is 34.0 Å². The van der Waals surface area contributed by atoms with Crippen molar-refractivity contribution in [1.82, 2.24) is 0 Å². The summed E-state index contributed by atoms with van der Waals surface area (Å²) in [4.78, 5) is 30.4. The molecule has 3 aromatic rings. The lowest BCUT2D eigenvalue weighted by molar-refractivity contribution is -0.120. The van der Waals surface area contributed by atoms with E-state index >= 15 is 0 Å². The maximum absolute atomic E-state index is 13.6. The normalized spacial score (nSPS) is 13.4. The van der Waals surface area contributed by atoms with Crippen molar-refractivity contribution in [3.05, 3.63) is 83.6 Å². The highest BCUT2D eigenvalue weighted by molar-refractivity contribution is 6.46. The molecule has 4 rings (SSSR count). The molecule has 0 aromatic heterocycles. The number of benzene rings is 3. The van der Waals surface area contributed by atoms with Crippen LogP contribution in [-0.2, 0) is 9.59 Å². The predicted molar refractivity (Wildman–Crippen MR) is 135 cm³/mol. The van der Waals surface area contributed by atoms with E-state index in [1.165, 1.54) is 12.0 Å². The molecule has 0 saturated carbocycles. The summed E-state index contributed by atoms with van der Waals surface area (Å²) >= 11 is 0. The van der Waals surface area contributed by atoms with Crippen molar-refractivity contribution < 1.29 is 19.1 Å². The van der Waals surface area contributed by atoms with Gasteiger partial charge in [0.15, 0.2) is 0 Å². The Kier molecular flexibility index (Phi) is 6.27. The SMILES string of the molecule is COc1ccc(NC2=C(c3ccc(C)cc3)C(=O)N(c3ccc(N(C)C)cc3)C2=O)c(OC)c1. The van der Waals surface area contributed by atoms with Crippen molar-refractivity contribution in [2.45, 2.75) is 6.92 Å². The molecule has 0 unspecified atom stereocenters. The first-order valence-corrected chi connectivity index (χ1v) is 10.8. The summed E-state index contributed by atoms with van der Waals surface area (Å²) in [6, 6.07) is 20.1. The summed E-state index contributed by atoms with van der Waals surface area (Å²) < 4.78 is 10.8. The highest BCUT2D eigenvalue weighted by Crippen LogP contribution is 2.37. The number of carbonyl (C=O) groups is 2. The Hall–Kier alpha value is -4.26. The summed E-state index contributed by atoms with van der Waals surface area (Å²) in [5.41, 5.74) is 4.23. The Morgan fingerprint density at radius 3 is 2.09 bits per heavy atom. The van der Waals surface area contributed by atoms with Crippen molar-refractivity contribution in [3.63, 3.8) is 0 Å². The van der Waals surface area contributed by atoms with Gasteiger partial charge in [-0.15, -0.1) is 0 Å². The number of rotatable bonds is 7. The molecule has 7 nitrogen and oxygen atoms in total. The van der Waals surface area contributed by atoms with Gasteiger partial charge in [0.2, 0.25) is 0 Å². The third kappa shape index (κ3) is 4.20. The van der Waals surface area contributed by atoms with Crippen LogP contribution in [0.3, 0.4) is 0 Å². The van der Waals surface area contributed by atoms with Gasteiger partial charge < -0.3 is 19.7 Å². The Bertz CT molecular complexity index is 1260. The molecule has 1 heterocycles. The first-order chi connectivity index (χ1) is 16.3. The van der Waals surface area contributed by atoms with Crippen LogP contribution in [0.1, 0.15) is 11.1 Å². The fraction of sp³-hybridized carbons (Fsp3) is 0.185. The number of methoxy groups -OCH3 is 2. The highest BCUT2D eigenvalue weighted by atomic mass is 16.5. The van der Waals surface area contributed by atoms with Crippen LogP contribution in [0.25, 0.3) is 5.57 Å². The van der Waals surface area contributed by atoms with Crippen LogP contribution in [0.2, 0.25) is 0 Å². The molecule has 1 N–H and O–H groups in total. The van der Waals surface area contributed by atoms with Gasteiger partial charge in [-0.25, -0.2) is 4.90 Å². The number of hydrogen-bond donors (Lipinski definition) is 1. The quantitative estimate of drug-likeness (QED) is 0.528. The van der Waals surface area contributed by atoms with Gasteiger partial charge in [0.25, 0.3) is 11.8 Å². The summed E-state index contributed by atoms with van der Waals surface area (Å²) in [7, 11) is 6.97. The monoisotopic (exact) mass is 457 g/mol. The number of hydrogen-bond acceptors (Lipinski definition) is 6. The predicted octanol–water partition coefficient (Wildman–Crippen LogP) is 4.47. The molecule has 0 radical (unpaired) electrons. The maximum atomic E-state index is 13.6. The zero-order valence-corrected chi connectivity index (χ0v) is 19.9. The molecule has 7 heteroatoms. The van der Waals surface area contributed by atoms with Gasteiger partial charge in [-0.3, -0.25) is 9.59 Å². The van der Waals surface area contributed by atoms with Gasteiger partial charge in [0.05, 0.1) is 31.2 Å². The minimum absolute atomic E-state index is 0.189. The molecule has 174 valence electrons. The van der Waals surface area contributed by atoms with Crippen LogP contribution in [0.15, 0.2) is 72.4 Å². The third-order valence-electron chi connectivity index (χ3n) is 5.72. The highest BCUT2D eigenvalue weighted by Gasteiger charge is 2.40. The van der Waals surface area contributed by atoms with Crippen molar-refractivity contribution in [3.8, 4) is 11.5 Å². The topological polar surface area (TPSA) is 71.1 Å². The molecule has 0 spiro atoms. The van der Waals surface area contributed by atoms with Crippen LogP contribution < -0.4 is 24.6 Å². The number of anilines is 3. The van der Waals surface area contributed by atoms with E-state index in [-0.39, 0.29) is 11.6 Å². The van der Waals surface area contributed by atoms with Crippen molar-refractivity contribution in [1.29, 1.82) is 0 Å². The van der Waals surface area contributed by atoms with Crippen LogP contribution in [0.4, 0.5) is 17.1 Å². The molecule has 1 aliphatic rings. The minimum Gasteiger partial charge on any atom is -0.497 e. The number of aryl methyl sites for hydroxylation is 1. The molecule has 0 saturated heterocycles. The molecule has 1 aliphatic heterocycles. The van der Waals surface area contributed by atoms with E-state index in [4.69, 9.17) is 9.47 Å². The fourth-order valence-corrected chi connectivity index (χ4v) is 3.80. The Morgan fingerprint density at radius 2 is 1.50 bits per heavy atom. The zero-order valence-electron chi connectivity index (χ0n) is 19.9. The first kappa shape index (κ1) is 22.9. The molecule has 0 bridgehead atoms. The zero-order chi connectivity index (χ0) is 24.4. The van der Waals surface area contributed by atoms with Crippen molar-refractivity contribution in [2.75, 3.05) is 43.4 Å². The van der Waals surface area contributed by atoms with Crippen molar-refractivity contribution in [2.24, 2.45) is 0 Å². The second-order valence-corrected chi connectivity index (χ2v) is 8.16. The van der Waals surface area contributed by atoms with Gasteiger partial charge in [0.1, 0.15) is 17.2 Å². The Balaban J connectivity index is 1.80. The van der Waals surface area contributed by atoms with Crippen LogP contribution in [0.5, 0.6) is 11.5 Å². The molecule has 0 atom stereocenters. The molecule has 2 amide bonds. The van der Waals surface area contributed by atoms with E-state index < -0.39 is 5.91 Å². The van der Waals surface area contributed by atoms with Crippen molar-refractivity contribution >= 4 is 34.4 Å². The van der Waals surface area contributed by atoms with Gasteiger partial charge in [0, 0.05) is 25.8 Å². The lowest BCUT2D eigenvalue weighted by atomic mass is 10.0. The average Bonchev–Trinajstić information content (AvgIpc) is 3.09. The lowest BCUT2D eigenvalue weighted by Crippen LogP contribution is -2.32. The first-order valence-electron chi connectivity index (χ1n) is 10.8. The fourth-order valence-electron chi connectivity index (χ4n) is 3.80. The minimum atomic E-state index is -0.434. The second kappa shape index (κ2) is 9.31.